The van der Waals surface area contributed by atoms with Gasteiger partial charge in [-0.3, -0.25) is 9.48 Å². The predicted molar refractivity (Wildman–Crippen MR) is 75.4 cm³/mol. The zero-order chi connectivity index (χ0) is 14.5. The lowest BCUT2D eigenvalue weighted by molar-refractivity contribution is -0.122. The minimum absolute atomic E-state index is 0.0869. The van der Waals surface area contributed by atoms with Gasteiger partial charge < -0.3 is 5.32 Å². The lowest BCUT2D eigenvalue weighted by Crippen LogP contribution is -2.27. The Hall–Kier alpha value is -2.96. The Labute approximate surface area is 121 Å². The van der Waals surface area contributed by atoms with Crippen LogP contribution >= 0.6 is 0 Å². The average Bonchev–Trinajstić information content (AvgIpc) is 3.19. The summed E-state index contributed by atoms with van der Waals surface area (Å²) in [5, 5.41) is 11.0. The molecule has 7 heteroatoms. The molecule has 106 valence electrons. The van der Waals surface area contributed by atoms with Crippen molar-refractivity contribution in [3.8, 4) is 5.82 Å². The van der Waals surface area contributed by atoms with Crippen molar-refractivity contribution in [2.45, 2.75) is 13.1 Å². The molecule has 3 aromatic heterocycles. The maximum absolute atomic E-state index is 11.8. The van der Waals surface area contributed by atoms with E-state index in [2.05, 4.69) is 20.5 Å². The summed E-state index contributed by atoms with van der Waals surface area (Å²) in [4.78, 5) is 16.0. The van der Waals surface area contributed by atoms with Crippen molar-refractivity contribution in [2.75, 3.05) is 0 Å². The number of rotatable bonds is 5. The van der Waals surface area contributed by atoms with E-state index in [1.807, 2.05) is 24.4 Å². The third-order valence-corrected chi connectivity index (χ3v) is 2.90. The molecule has 3 rings (SSSR count). The number of nitrogens with zero attached hydrogens (tertiary/aromatic N) is 5. The maximum Gasteiger partial charge on any atom is 0.241 e. The topological polar surface area (TPSA) is 77.6 Å². The van der Waals surface area contributed by atoms with Gasteiger partial charge in [0.1, 0.15) is 6.54 Å². The number of carbonyl (C=O) groups is 1. The van der Waals surface area contributed by atoms with Gasteiger partial charge in [-0.1, -0.05) is 0 Å². The molecule has 1 N–H and O–H groups in total. The summed E-state index contributed by atoms with van der Waals surface area (Å²) < 4.78 is 3.26. The second-order valence-corrected chi connectivity index (χ2v) is 4.45. The standard InChI is InChI=1S/C14H14N6O/c21-14(11-19-7-1-4-17-19)16-10-12-3-6-15-13(9-12)20-8-2-5-18-20/h1-9H,10-11H2,(H,16,21). The molecule has 0 radical (unpaired) electrons. The summed E-state index contributed by atoms with van der Waals surface area (Å²) in [5.41, 5.74) is 0.962. The van der Waals surface area contributed by atoms with Gasteiger partial charge >= 0.3 is 0 Å². The van der Waals surface area contributed by atoms with E-state index in [1.54, 1.807) is 40.2 Å². The first-order chi connectivity index (χ1) is 10.3. The monoisotopic (exact) mass is 282 g/mol. The number of nitrogens with one attached hydrogen (secondary N) is 1. The Morgan fingerprint density at radius 2 is 2.00 bits per heavy atom. The molecule has 21 heavy (non-hydrogen) atoms. The zero-order valence-corrected chi connectivity index (χ0v) is 11.3. The molecule has 0 aliphatic heterocycles. The SMILES string of the molecule is O=C(Cn1cccn1)NCc1ccnc(-n2cccn2)c1. The van der Waals surface area contributed by atoms with Crippen LogP contribution in [0.15, 0.2) is 55.2 Å². The molecule has 0 unspecified atom stereocenters. The third-order valence-electron chi connectivity index (χ3n) is 2.90. The normalized spacial score (nSPS) is 10.5. The Balaban J connectivity index is 1.60. The number of hydrogen-bond acceptors (Lipinski definition) is 4. The van der Waals surface area contributed by atoms with Gasteiger partial charge in [0.2, 0.25) is 5.91 Å². The lowest BCUT2D eigenvalue weighted by atomic mass is 10.2. The smallest absolute Gasteiger partial charge is 0.241 e. The summed E-state index contributed by atoms with van der Waals surface area (Å²) in [6, 6.07) is 7.37. The Morgan fingerprint density at radius 1 is 1.14 bits per heavy atom. The van der Waals surface area contributed by atoms with Gasteiger partial charge in [-0.05, 0) is 29.8 Å². The van der Waals surface area contributed by atoms with E-state index < -0.39 is 0 Å². The minimum atomic E-state index is -0.0869. The Kier molecular flexibility index (Phi) is 3.72. The average molecular weight is 282 g/mol. The quantitative estimate of drug-likeness (QED) is 0.750. The van der Waals surface area contributed by atoms with Crippen molar-refractivity contribution in [2.24, 2.45) is 0 Å². The molecule has 0 saturated carbocycles. The number of hydrogen-bond donors (Lipinski definition) is 1. The van der Waals surface area contributed by atoms with E-state index >= 15 is 0 Å². The van der Waals surface area contributed by atoms with Crippen molar-refractivity contribution in [1.29, 1.82) is 0 Å². The van der Waals surface area contributed by atoms with Crippen molar-refractivity contribution in [3.63, 3.8) is 0 Å². The first-order valence-electron chi connectivity index (χ1n) is 6.50. The zero-order valence-electron chi connectivity index (χ0n) is 11.3. The van der Waals surface area contributed by atoms with Crippen LogP contribution in [0, 0.1) is 0 Å². The summed E-state index contributed by atoms with van der Waals surface area (Å²) in [5.74, 6) is 0.634. The number of carbonyl (C=O) groups excluding carboxylic acids is 1. The molecule has 3 aromatic rings. The Bertz CT molecular complexity index is 705. The molecule has 0 atom stereocenters. The molecule has 3 heterocycles. The van der Waals surface area contributed by atoms with Crippen LogP contribution in [0.1, 0.15) is 5.56 Å². The molecule has 0 aromatic carbocycles. The summed E-state index contributed by atoms with van der Waals surface area (Å²) in [6.45, 7) is 0.654. The molecule has 0 bridgehead atoms. The van der Waals surface area contributed by atoms with Gasteiger partial charge in [0.05, 0.1) is 0 Å². The van der Waals surface area contributed by atoms with Gasteiger partial charge in [-0.15, -0.1) is 0 Å². The highest BCUT2D eigenvalue weighted by Crippen LogP contribution is 2.05. The fourth-order valence-electron chi connectivity index (χ4n) is 1.90. The largest absolute Gasteiger partial charge is 0.350 e. The van der Waals surface area contributed by atoms with Crippen LogP contribution in [0.4, 0.5) is 0 Å². The fraction of sp³-hybridized carbons (Fsp3) is 0.143. The fourth-order valence-corrected chi connectivity index (χ4v) is 1.90. The highest BCUT2D eigenvalue weighted by molar-refractivity contribution is 5.75. The van der Waals surface area contributed by atoms with Gasteiger partial charge in [0.25, 0.3) is 0 Å². The Morgan fingerprint density at radius 3 is 2.76 bits per heavy atom. The molecule has 7 nitrogen and oxygen atoms in total. The molecule has 0 spiro atoms. The van der Waals surface area contributed by atoms with Gasteiger partial charge in [0, 0.05) is 37.5 Å². The molecule has 0 fully saturated rings. The van der Waals surface area contributed by atoms with E-state index in [1.165, 1.54) is 0 Å². The van der Waals surface area contributed by atoms with E-state index in [0.717, 1.165) is 11.4 Å². The van der Waals surface area contributed by atoms with E-state index in [0.29, 0.717) is 6.54 Å². The van der Waals surface area contributed by atoms with E-state index in [9.17, 15) is 4.79 Å². The number of pyridine rings is 1. The molecule has 1 amide bonds. The predicted octanol–water partition coefficient (Wildman–Crippen LogP) is 0.780. The third kappa shape index (κ3) is 3.33. The van der Waals surface area contributed by atoms with Crippen LogP contribution in [0.3, 0.4) is 0 Å². The second-order valence-electron chi connectivity index (χ2n) is 4.45. The highest BCUT2D eigenvalue weighted by Gasteiger charge is 2.04. The van der Waals surface area contributed by atoms with Crippen molar-refractivity contribution in [3.05, 3.63) is 60.8 Å². The van der Waals surface area contributed by atoms with Gasteiger partial charge in [-0.25, -0.2) is 9.67 Å². The van der Waals surface area contributed by atoms with Crippen LogP contribution < -0.4 is 5.32 Å². The molecule has 0 saturated heterocycles. The van der Waals surface area contributed by atoms with Gasteiger partial charge in [0.15, 0.2) is 5.82 Å². The lowest BCUT2D eigenvalue weighted by Gasteiger charge is -2.07. The molecule has 0 aliphatic rings. The minimum Gasteiger partial charge on any atom is -0.350 e. The first-order valence-corrected chi connectivity index (χ1v) is 6.50. The van der Waals surface area contributed by atoms with Gasteiger partial charge in [-0.2, -0.15) is 10.2 Å². The molecular weight excluding hydrogens is 268 g/mol. The summed E-state index contributed by atoms with van der Waals surface area (Å²) >= 11 is 0. The second kappa shape index (κ2) is 6.00. The maximum atomic E-state index is 11.8. The summed E-state index contributed by atoms with van der Waals surface area (Å²) in [7, 11) is 0. The molecular formula is C14H14N6O. The van der Waals surface area contributed by atoms with E-state index in [4.69, 9.17) is 0 Å². The highest BCUT2D eigenvalue weighted by atomic mass is 16.2. The van der Waals surface area contributed by atoms with Crippen molar-refractivity contribution < 1.29 is 4.79 Å². The van der Waals surface area contributed by atoms with Crippen molar-refractivity contribution >= 4 is 5.91 Å². The number of amides is 1. The molecule has 0 aliphatic carbocycles. The van der Waals surface area contributed by atoms with Crippen molar-refractivity contribution in [1.82, 2.24) is 29.9 Å². The van der Waals surface area contributed by atoms with E-state index in [-0.39, 0.29) is 12.5 Å². The van der Waals surface area contributed by atoms with Crippen LogP contribution in [0.5, 0.6) is 0 Å². The van der Waals surface area contributed by atoms with Crippen LogP contribution in [-0.4, -0.2) is 30.5 Å². The summed E-state index contributed by atoms with van der Waals surface area (Å²) in [6.07, 6.45) is 8.61. The first kappa shape index (κ1) is 13.0. The number of aromatic nitrogens is 5. The van der Waals surface area contributed by atoms with Crippen LogP contribution in [0.25, 0.3) is 5.82 Å². The van der Waals surface area contributed by atoms with Crippen LogP contribution in [0.2, 0.25) is 0 Å². The van der Waals surface area contributed by atoms with Crippen LogP contribution in [-0.2, 0) is 17.9 Å².